The molecule has 1 N–H and O–H groups in total. The van der Waals surface area contributed by atoms with Crippen molar-refractivity contribution in [1.29, 1.82) is 0 Å². The molecular weight excluding hydrogens is 568 g/mol. The molecule has 1 saturated heterocycles. The summed E-state index contributed by atoms with van der Waals surface area (Å²) in [5, 5.41) is 8.04. The molecule has 1 aliphatic heterocycles. The topological polar surface area (TPSA) is 50.4 Å². The third kappa shape index (κ3) is 5.21. The molecule has 0 saturated carbocycles. The molecule has 214 valence electrons. The average Bonchev–Trinajstić information content (AvgIpc) is 3.52. The number of fused-ring (bicyclic) bond motifs is 3. The van der Waals surface area contributed by atoms with E-state index < -0.39 is 35.6 Å². The number of hydrogen-bond donors (Lipinski definition) is 1. The number of halogens is 6. The van der Waals surface area contributed by atoms with Crippen LogP contribution in [-0.2, 0) is 5.92 Å². The summed E-state index contributed by atoms with van der Waals surface area (Å²) in [5.74, 6) is -6.75. The zero-order valence-corrected chi connectivity index (χ0v) is 22.4. The quantitative estimate of drug-likeness (QED) is 0.176. The highest BCUT2D eigenvalue weighted by molar-refractivity contribution is 7.23. The molecule has 1 fully saturated rings. The number of benzene rings is 3. The maximum Gasteiger partial charge on any atom is 0.271 e. The Hall–Kier alpha value is -3.77. The molecule has 0 aliphatic carbocycles. The van der Waals surface area contributed by atoms with Crippen molar-refractivity contribution in [2.75, 3.05) is 26.3 Å². The van der Waals surface area contributed by atoms with Crippen LogP contribution >= 0.6 is 11.3 Å². The van der Waals surface area contributed by atoms with E-state index in [0.717, 1.165) is 23.5 Å². The van der Waals surface area contributed by atoms with E-state index in [-0.39, 0.29) is 33.8 Å². The lowest BCUT2D eigenvalue weighted by Gasteiger charge is -2.38. The van der Waals surface area contributed by atoms with Gasteiger partial charge in [0.1, 0.15) is 11.9 Å². The first-order valence-electron chi connectivity index (χ1n) is 12.8. The summed E-state index contributed by atoms with van der Waals surface area (Å²) in [7, 11) is 0. The molecule has 5 nitrogen and oxygen atoms in total. The number of nitrogens with one attached hydrogen (secondary N) is 1. The number of rotatable bonds is 9. The maximum atomic E-state index is 15.1. The number of aromatic nitrogens is 2. The third-order valence-corrected chi connectivity index (χ3v) is 8.21. The van der Waals surface area contributed by atoms with Gasteiger partial charge in [-0.05, 0) is 42.8 Å². The van der Waals surface area contributed by atoms with Gasteiger partial charge in [-0.2, -0.15) is 5.10 Å². The molecule has 1 aliphatic rings. The van der Waals surface area contributed by atoms with E-state index in [9.17, 15) is 22.0 Å². The lowest BCUT2D eigenvalue weighted by Crippen LogP contribution is -2.54. The largest absolute Gasteiger partial charge is 0.485 e. The van der Waals surface area contributed by atoms with E-state index in [1.54, 1.807) is 18.3 Å². The zero-order valence-electron chi connectivity index (χ0n) is 21.6. The van der Waals surface area contributed by atoms with Crippen molar-refractivity contribution in [2.24, 2.45) is 0 Å². The Labute approximate surface area is 234 Å². The Bertz CT molecular complexity index is 1740. The lowest BCUT2D eigenvalue weighted by atomic mass is 9.99. The van der Waals surface area contributed by atoms with Gasteiger partial charge in [0.05, 0.1) is 23.3 Å². The summed E-state index contributed by atoms with van der Waals surface area (Å²) >= 11 is 1.05. The molecule has 0 bridgehead atoms. The van der Waals surface area contributed by atoms with Crippen LogP contribution in [0.25, 0.3) is 31.4 Å². The number of H-pyrrole nitrogens is 1. The Kier molecular flexibility index (Phi) is 7.06. The van der Waals surface area contributed by atoms with Crippen molar-refractivity contribution in [3.63, 3.8) is 0 Å². The molecule has 12 heteroatoms. The number of likely N-dealkylation sites (tertiary alicyclic amines) is 1. The van der Waals surface area contributed by atoms with Crippen LogP contribution in [0.15, 0.2) is 48.7 Å². The predicted octanol–water partition coefficient (Wildman–Crippen LogP) is 8.19. The van der Waals surface area contributed by atoms with E-state index >= 15 is 4.39 Å². The summed E-state index contributed by atoms with van der Waals surface area (Å²) in [4.78, 5) is 2.12. The molecule has 0 spiro atoms. The SMILES string of the molecule is CC(F)(F)c1cc(F)c(F)cc1-c1sc2c(ccc3[nH]ncc32)c1Oc1ccc(OC2CN(CCCF)C2)c(F)c1. The van der Waals surface area contributed by atoms with Gasteiger partial charge in [-0.3, -0.25) is 14.4 Å². The first-order chi connectivity index (χ1) is 19.6. The third-order valence-electron chi connectivity index (χ3n) is 6.96. The molecular formula is C29H23F6N3O2S. The van der Waals surface area contributed by atoms with Crippen LogP contribution in [0, 0.1) is 17.5 Å². The maximum absolute atomic E-state index is 15.1. The fraction of sp³-hybridized carbons (Fsp3) is 0.276. The molecule has 2 aromatic heterocycles. The van der Waals surface area contributed by atoms with Crippen LogP contribution in [0.2, 0.25) is 0 Å². The second-order valence-corrected chi connectivity index (χ2v) is 11.0. The van der Waals surface area contributed by atoms with Crippen LogP contribution in [0.1, 0.15) is 18.9 Å². The molecule has 3 heterocycles. The highest BCUT2D eigenvalue weighted by Crippen LogP contribution is 2.51. The Morgan fingerprint density at radius 2 is 1.80 bits per heavy atom. The molecule has 0 unspecified atom stereocenters. The van der Waals surface area contributed by atoms with Gasteiger partial charge in [0.25, 0.3) is 5.92 Å². The Balaban J connectivity index is 1.38. The van der Waals surface area contributed by atoms with Gasteiger partial charge >= 0.3 is 0 Å². The molecule has 5 aromatic rings. The number of hydrogen-bond acceptors (Lipinski definition) is 5. The van der Waals surface area contributed by atoms with Gasteiger partial charge in [-0.15, -0.1) is 11.3 Å². The first-order valence-corrected chi connectivity index (χ1v) is 13.6. The van der Waals surface area contributed by atoms with Crippen LogP contribution in [0.5, 0.6) is 17.2 Å². The lowest BCUT2D eigenvalue weighted by molar-refractivity contribution is 0.0161. The van der Waals surface area contributed by atoms with Gasteiger partial charge in [-0.25, -0.2) is 22.0 Å². The van der Waals surface area contributed by atoms with Crippen LogP contribution in [0.4, 0.5) is 26.3 Å². The number of aromatic amines is 1. The predicted molar refractivity (Wildman–Crippen MR) is 144 cm³/mol. The van der Waals surface area contributed by atoms with Crippen molar-refractivity contribution in [1.82, 2.24) is 15.1 Å². The monoisotopic (exact) mass is 591 g/mol. The highest BCUT2D eigenvalue weighted by atomic mass is 32.1. The highest BCUT2D eigenvalue weighted by Gasteiger charge is 2.33. The van der Waals surface area contributed by atoms with Crippen LogP contribution < -0.4 is 9.47 Å². The van der Waals surface area contributed by atoms with Crippen molar-refractivity contribution in [3.05, 3.63) is 71.7 Å². The van der Waals surface area contributed by atoms with Gasteiger partial charge in [0, 0.05) is 59.2 Å². The van der Waals surface area contributed by atoms with E-state index in [0.29, 0.717) is 60.0 Å². The van der Waals surface area contributed by atoms with Gasteiger partial charge in [-0.1, -0.05) is 0 Å². The van der Waals surface area contributed by atoms with Crippen molar-refractivity contribution < 1.29 is 35.8 Å². The molecule has 0 radical (unpaired) electrons. The van der Waals surface area contributed by atoms with Gasteiger partial charge in [0.2, 0.25) is 0 Å². The fourth-order valence-electron chi connectivity index (χ4n) is 4.93. The Morgan fingerprint density at radius 1 is 1.02 bits per heavy atom. The van der Waals surface area contributed by atoms with E-state index in [1.165, 1.54) is 12.1 Å². The summed E-state index contributed by atoms with van der Waals surface area (Å²) in [6, 6.07) is 8.61. The van der Waals surface area contributed by atoms with Crippen LogP contribution in [-0.4, -0.2) is 47.5 Å². The summed E-state index contributed by atoms with van der Waals surface area (Å²) in [6.07, 6.45) is 1.76. The number of nitrogens with zero attached hydrogens (tertiary/aromatic N) is 2. The minimum Gasteiger partial charge on any atom is -0.485 e. The number of alkyl halides is 3. The molecule has 6 rings (SSSR count). The summed E-state index contributed by atoms with van der Waals surface area (Å²) in [6.45, 7) is 1.93. The Morgan fingerprint density at radius 3 is 2.54 bits per heavy atom. The zero-order chi connectivity index (χ0) is 28.9. The second kappa shape index (κ2) is 10.6. The van der Waals surface area contributed by atoms with Crippen molar-refractivity contribution in [3.8, 4) is 27.7 Å². The molecule has 41 heavy (non-hydrogen) atoms. The van der Waals surface area contributed by atoms with Gasteiger partial charge < -0.3 is 9.47 Å². The van der Waals surface area contributed by atoms with E-state index in [4.69, 9.17) is 9.47 Å². The number of ether oxygens (including phenoxy) is 2. The second-order valence-electron chi connectivity index (χ2n) is 9.97. The minimum atomic E-state index is -3.50. The van der Waals surface area contributed by atoms with Gasteiger partial charge in [0.15, 0.2) is 29.0 Å². The van der Waals surface area contributed by atoms with Crippen LogP contribution in [0.3, 0.4) is 0 Å². The normalized spacial score (nSPS) is 14.6. The smallest absolute Gasteiger partial charge is 0.271 e. The summed E-state index contributed by atoms with van der Waals surface area (Å²) in [5.41, 5.74) is -0.283. The van der Waals surface area contributed by atoms with Crippen molar-refractivity contribution in [2.45, 2.75) is 25.4 Å². The van der Waals surface area contributed by atoms with E-state index in [1.807, 2.05) is 4.90 Å². The molecule has 0 amide bonds. The number of thiophene rings is 1. The standard InChI is InChI=1S/C29H23F6N3O2S/c1-29(34,35)20-11-22(32)21(31)10-18(20)28-26(17-4-5-24-19(12-36-37-24)27(17)41-28)40-15-3-6-25(23(33)9-15)39-16-13-38(14-16)8-2-7-30/h3-6,9-12,16H,2,7-8,13-14H2,1H3,(H,36,37). The summed E-state index contributed by atoms with van der Waals surface area (Å²) < 4.78 is 97.6. The average molecular weight is 592 g/mol. The minimum absolute atomic E-state index is 0.0107. The first kappa shape index (κ1) is 27.4. The fourth-order valence-corrected chi connectivity index (χ4v) is 6.20. The molecule has 3 aromatic carbocycles. The van der Waals surface area contributed by atoms with Crippen molar-refractivity contribution >= 4 is 32.3 Å². The molecule has 0 atom stereocenters. The van der Waals surface area contributed by atoms with E-state index in [2.05, 4.69) is 10.2 Å².